The summed E-state index contributed by atoms with van der Waals surface area (Å²) in [5.74, 6) is 3.29. The van der Waals surface area contributed by atoms with Crippen LogP contribution in [0.25, 0.3) is 0 Å². The number of sulfonamides is 1. The third-order valence-corrected chi connectivity index (χ3v) is 8.52. The van der Waals surface area contributed by atoms with Gasteiger partial charge in [0.2, 0.25) is 10.0 Å². The van der Waals surface area contributed by atoms with Crippen molar-refractivity contribution in [3.05, 3.63) is 0 Å². The molecule has 3 aliphatic heterocycles. The quantitative estimate of drug-likeness (QED) is 0.268. The first kappa shape index (κ1) is 25.4. The molecule has 1 unspecified atom stereocenters. The van der Waals surface area contributed by atoms with Crippen molar-refractivity contribution in [2.75, 3.05) is 76.8 Å². The standard InChI is InChI=1S/C18H35N5O3S2.HI/c1-19-18(20-5-13-28(24,25)23-8-11-27-12-9-23)21-17-2-6-22(7-3-17)14-16-4-10-26-15-16;/h16-17H,2-15H2,1H3,(H2,19,20,21);1H. The Hall–Kier alpha value is 0.180. The molecule has 0 aromatic rings. The number of ether oxygens (including phenoxy) is 1. The lowest BCUT2D eigenvalue weighted by Crippen LogP contribution is -2.50. The van der Waals surface area contributed by atoms with E-state index in [1.807, 2.05) is 11.8 Å². The van der Waals surface area contributed by atoms with Gasteiger partial charge in [-0.3, -0.25) is 4.99 Å². The number of halogens is 1. The number of nitrogens with one attached hydrogen (secondary N) is 2. The van der Waals surface area contributed by atoms with Crippen molar-refractivity contribution in [2.24, 2.45) is 10.9 Å². The molecule has 0 aromatic heterocycles. The summed E-state index contributed by atoms with van der Waals surface area (Å²) < 4.78 is 31.9. The summed E-state index contributed by atoms with van der Waals surface area (Å²) in [5, 5.41) is 6.64. The van der Waals surface area contributed by atoms with Gasteiger partial charge in [0.1, 0.15) is 0 Å². The molecule has 8 nitrogen and oxygen atoms in total. The fraction of sp³-hybridized carbons (Fsp3) is 0.944. The molecule has 3 rings (SSSR count). The summed E-state index contributed by atoms with van der Waals surface area (Å²) in [7, 11) is -1.44. The zero-order valence-electron chi connectivity index (χ0n) is 17.3. The fourth-order valence-electron chi connectivity index (χ4n) is 3.99. The molecule has 0 spiro atoms. The average molecular weight is 562 g/mol. The van der Waals surface area contributed by atoms with Crippen molar-refractivity contribution in [3.8, 4) is 0 Å². The van der Waals surface area contributed by atoms with Gasteiger partial charge < -0.3 is 20.3 Å². The summed E-state index contributed by atoms with van der Waals surface area (Å²) >= 11 is 1.81. The maximum atomic E-state index is 12.4. The van der Waals surface area contributed by atoms with E-state index in [0.717, 1.165) is 57.2 Å². The smallest absolute Gasteiger partial charge is 0.215 e. The van der Waals surface area contributed by atoms with Crippen molar-refractivity contribution >= 4 is 51.7 Å². The second-order valence-corrected chi connectivity index (χ2v) is 11.1. The first-order valence-electron chi connectivity index (χ1n) is 10.4. The number of piperidine rings is 1. The van der Waals surface area contributed by atoms with Crippen LogP contribution in [0.4, 0.5) is 0 Å². The summed E-state index contributed by atoms with van der Waals surface area (Å²) in [6.45, 7) is 6.79. The van der Waals surface area contributed by atoms with Crippen molar-refractivity contribution in [2.45, 2.75) is 25.3 Å². The van der Waals surface area contributed by atoms with Gasteiger partial charge in [-0.15, -0.1) is 24.0 Å². The molecule has 2 N–H and O–H groups in total. The lowest BCUT2D eigenvalue weighted by Gasteiger charge is -2.34. The number of rotatable bonds is 7. The largest absolute Gasteiger partial charge is 0.381 e. The van der Waals surface area contributed by atoms with Crippen LogP contribution in [0.3, 0.4) is 0 Å². The monoisotopic (exact) mass is 561 g/mol. The predicted octanol–water partition coefficient (Wildman–Crippen LogP) is 0.649. The minimum Gasteiger partial charge on any atom is -0.381 e. The van der Waals surface area contributed by atoms with E-state index in [9.17, 15) is 8.42 Å². The molecule has 170 valence electrons. The number of guanidine groups is 1. The second-order valence-electron chi connectivity index (χ2n) is 7.78. The van der Waals surface area contributed by atoms with Gasteiger partial charge in [-0.05, 0) is 25.2 Å². The summed E-state index contributed by atoms with van der Waals surface area (Å²) in [5.41, 5.74) is 0. The van der Waals surface area contributed by atoms with Crippen molar-refractivity contribution in [1.82, 2.24) is 19.8 Å². The van der Waals surface area contributed by atoms with Gasteiger partial charge in [-0.1, -0.05) is 0 Å². The molecule has 1 atom stereocenters. The van der Waals surface area contributed by atoms with Gasteiger partial charge in [0.25, 0.3) is 0 Å². The lowest BCUT2D eigenvalue weighted by molar-refractivity contribution is 0.150. The molecule has 11 heteroatoms. The Morgan fingerprint density at radius 3 is 2.52 bits per heavy atom. The summed E-state index contributed by atoms with van der Waals surface area (Å²) in [4.78, 5) is 6.81. The summed E-state index contributed by atoms with van der Waals surface area (Å²) in [6, 6.07) is 0.387. The molecule has 3 fully saturated rings. The van der Waals surface area contributed by atoms with E-state index in [0.29, 0.717) is 37.6 Å². The molecule has 0 aliphatic carbocycles. The third-order valence-electron chi connectivity index (χ3n) is 5.71. The van der Waals surface area contributed by atoms with Crippen LogP contribution in [0.15, 0.2) is 4.99 Å². The Balaban J connectivity index is 0.00000300. The van der Waals surface area contributed by atoms with Crippen LogP contribution in [-0.2, 0) is 14.8 Å². The summed E-state index contributed by atoms with van der Waals surface area (Å²) in [6.07, 6.45) is 3.35. The third kappa shape index (κ3) is 8.32. The van der Waals surface area contributed by atoms with Gasteiger partial charge in [-0.25, -0.2) is 12.7 Å². The zero-order valence-corrected chi connectivity index (χ0v) is 21.3. The van der Waals surface area contributed by atoms with E-state index >= 15 is 0 Å². The van der Waals surface area contributed by atoms with Crippen molar-refractivity contribution in [3.63, 3.8) is 0 Å². The Kier molecular flexibility index (Phi) is 11.3. The molecule has 0 radical (unpaired) electrons. The van der Waals surface area contributed by atoms with E-state index in [1.165, 1.54) is 6.42 Å². The fourth-order valence-corrected chi connectivity index (χ4v) is 6.48. The maximum absolute atomic E-state index is 12.4. The number of hydrogen-bond acceptors (Lipinski definition) is 6. The Morgan fingerprint density at radius 1 is 1.17 bits per heavy atom. The first-order valence-corrected chi connectivity index (χ1v) is 13.2. The number of hydrogen-bond donors (Lipinski definition) is 2. The number of likely N-dealkylation sites (tertiary alicyclic amines) is 1. The normalized spacial score (nSPS) is 25.6. The van der Waals surface area contributed by atoms with Gasteiger partial charge in [-0.2, -0.15) is 11.8 Å². The average Bonchev–Trinajstić information content (AvgIpc) is 3.22. The molecule has 0 amide bonds. The topological polar surface area (TPSA) is 86.3 Å². The maximum Gasteiger partial charge on any atom is 0.215 e. The SMILES string of the molecule is CN=C(NCCS(=O)(=O)N1CCSCC1)NC1CCN(CC2CCOC2)CC1.I. The number of aliphatic imine (C=N–C) groups is 1. The van der Waals surface area contributed by atoms with Crippen molar-refractivity contribution in [1.29, 1.82) is 0 Å². The second kappa shape index (κ2) is 12.9. The van der Waals surface area contributed by atoms with E-state index in [2.05, 4.69) is 20.5 Å². The van der Waals surface area contributed by atoms with Crippen LogP contribution in [0.5, 0.6) is 0 Å². The molecule has 3 saturated heterocycles. The van der Waals surface area contributed by atoms with Crippen LogP contribution in [-0.4, -0.2) is 106 Å². The highest BCUT2D eigenvalue weighted by Crippen LogP contribution is 2.17. The highest BCUT2D eigenvalue weighted by Gasteiger charge is 2.25. The molecule has 3 aliphatic rings. The molecule has 0 bridgehead atoms. The molecule has 0 saturated carbocycles. The van der Waals surface area contributed by atoms with Gasteiger partial charge >= 0.3 is 0 Å². The van der Waals surface area contributed by atoms with Gasteiger partial charge in [0.15, 0.2) is 5.96 Å². The molecular formula is C18H36IN5O3S2. The Bertz CT molecular complexity index is 603. The van der Waals surface area contributed by atoms with Gasteiger partial charge in [0, 0.05) is 70.5 Å². The van der Waals surface area contributed by atoms with Crippen LogP contribution in [0, 0.1) is 5.92 Å². The Labute approximate surface area is 197 Å². The minimum atomic E-state index is -3.18. The highest BCUT2D eigenvalue weighted by molar-refractivity contribution is 14.0. The van der Waals surface area contributed by atoms with Crippen LogP contribution in [0.2, 0.25) is 0 Å². The lowest BCUT2D eigenvalue weighted by atomic mass is 10.0. The number of nitrogens with zero attached hydrogens (tertiary/aromatic N) is 3. The molecule has 3 heterocycles. The van der Waals surface area contributed by atoms with Crippen LogP contribution in [0.1, 0.15) is 19.3 Å². The highest BCUT2D eigenvalue weighted by atomic mass is 127. The van der Waals surface area contributed by atoms with Crippen molar-refractivity contribution < 1.29 is 13.2 Å². The minimum absolute atomic E-state index is 0. The van der Waals surface area contributed by atoms with E-state index in [-0.39, 0.29) is 29.7 Å². The van der Waals surface area contributed by atoms with Crippen LogP contribution >= 0.6 is 35.7 Å². The molecular weight excluding hydrogens is 525 g/mol. The zero-order chi connectivity index (χ0) is 19.8. The van der Waals surface area contributed by atoms with E-state index < -0.39 is 10.0 Å². The number of thioether (sulfide) groups is 1. The van der Waals surface area contributed by atoms with E-state index in [1.54, 1.807) is 11.4 Å². The Morgan fingerprint density at radius 2 is 1.90 bits per heavy atom. The molecule has 29 heavy (non-hydrogen) atoms. The van der Waals surface area contributed by atoms with E-state index in [4.69, 9.17) is 4.74 Å². The predicted molar refractivity (Wildman–Crippen MR) is 131 cm³/mol. The molecule has 0 aromatic carbocycles. The van der Waals surface area contributed by atoms with Gasteiger partial charge in [0.05, 0.1) is 12.4 Å². The van der Waals surface area contributed by atoms with Crippen LogP contribution < -0.4 is 10.6 Å². The first-order chi connectivity index (χ1) is 13.6.